The fourth-order valence-corrected chi connectivity index (χ4v) is 2.90. The normalized spacial score (nSPS) is 15.9. The number of carbonyl (C=O) groups excluding carboxylic acids is 2. The van der Waals surface area contributed by atoms with Crippen molar-refractivity contribution >= 4 is 23.7 Å². The van der Waals surface area contributed by atoms with Gasteiger partial charge in [0.25, 0.3) is 5.91 Å². The van der Waals surface area contributed by atoms with Gasteiger partial charge < -0.3 is 21.5 Å². The molecule has 3 rings (SSSR count). The van der Waals surface area contributed by atoms with Crippen LogP contribution in [0.5, 0.6) is 5.75 Å². The standard InChI is InChI=1S/C17H17F3N6O3/c1-16(2)7-26(15(28)25-16)14-23-11(10(13(22)27)12(21)24-14)8-4-3-5-9(6-8)29-17(18,19)20/h3-6H,7H2,1-2H3,(H2,22,27)(H,25,28)(H2,21,23,24). The van der Waals surface area contributed by atoms with Crippen LogP contribution < -0.4 is 26.4 Å². The largest absolute Gasteiger partial charge is 0.573 e. The highest BCUT2D eigenvalue weighted by Crippen LogP contribution is 2.32. The summed E-state index contributed by atoms with van der Waals surface area (Å²) in [5.74, 6) is -1.92. The SMILES string of the molecule is CC1(C)CN(c2nc(N)c(C(N)=O)c(-c3cccc(OC(F)(F)F)c3)n2)C(=O)N1. The van der Waals surface area contributed by atoms with E-state index in [0.29, 0.717) is 0 Å². The molecule has 2 aromatic rings. The highest BCUT2D eigenvalue weighted by Gasteiger charge is 2.38. The Balaban J connectivity index is 2.13. The van der Waals surface area contributed by atoms with Gasteiger partial charge in [0.15, 0.2) is 0 Å². The smallest absolute Gasteiger partial charge is 0.406 e. The van der Waals surface area contributed by atoms with Crippen LogP contribution in [0.2, 0.25) is 0 Å². The number of amides is 3. The Kier molecular flexibility index (Phi) is 4.73. The number of halogens is 3. The van der Waals surface area contributed by atoms with Gasteiger partial charge >= 0.3 is 12.4 Å². The average molecular weight is 410 g/mol. The fraction of sp³-hybridized carbons (Fsp3) is 0.294. The molecule has 1 fully saturated rings. The number of aromatic nitrogens is 2. The molecule has 2 heterocycles. The number of rotatable bonds is 4. The molecule has 0 bridgehead atoms. The zero-order valence-electron chi connectivity index (χ0n) is 15.4. The first-order valence-corrected chi connectivity index (χ1v) is 8.29. The van der Waals surface area contributed by atoms with E-state index in [-0.39, 0.29) is 35.1 Å². The monoisotopic (exact) mass is 410 g/mol. The van der Waals surface area contributed by atoms with Gasteiger partial charge in [-0.25, -0.2) is 9.78 Å². The molecule has 1 aliphatic rings. The molecular formula is C17H17F3N6O3. The lowest BCUT2D eigenvalue weighted by Crippen LogP contribution is -2.36. The number of ether oxygens (including phenoxy) is 1. The first-order chi connectivity index (χ1) is 13.4. The molecule has 1 aliphatic heterocycles. The number of primary amides is 1. The van der Waals surface area contributed by atoms with Crippen LogP contribution >= 0.6 is 0 Å². The van der Waals surface area contributed by atoms with Gasteiger partial charge in [-0.15, -0.1) is 13.2 Å². The molecule has 12 heteroatoms. The minimum Gasteiger partial charge on any atom is -0.406 e. The lowest BCUT2D eigenvalue weighted by atomic mass is 10.1. The van der Waals surface area contributed by atoms with Crippen LogP contribution in [0.25, 0.3) is 11.3 Å². The summed E-state index contributed by atoms with van der Waals surface area (Å²) in [5, 5.41) is 2.72. The fourth-order valence-electron chi connectivity index (χ4n) is 2.90. The van der Waals surface area contributed by atoms with Crippen molar-refractivity contribution in [1.29, 1.82) is 0 Å². The van der Waals surface area contributed by atoms with Gasteiger partial charge in [0.1, 0.15) is 17.1 Å². The van der Waals surface area contributed by atoms with E-state index in [4.69, 9.17) is 11.5 Å². The second kappa shape index (κ2) is 6.79. The van der Waals surface area contributed by atoms with Crippen molar-refractivity contribution in [2.75, 3.05) is 17.2 Å². The van der Waals surface area contributed by atoms with Crippen molar-refractivity contribution in [3.05, 3.63) is 29.8 Å². The van der Waals surface area contributed by atoms with Gasteiger partial charge in [0.05, 0.1) is 17.8 Å². The predicted octanol–water partition coefficient (Wildman–Crippen LogP) is 2.03. The van der Waals surface area contributed by atoms with Crippen molar-refractivity contribution in [1.82, 2.24) is 15.3 Å². The number of benzene rings is 1. The van der Waals surface area contributed by atoms with Gasteiger partial charge in [0, 0.05) is 5.56 Å². The molecule has 0 saturated carbocycles. The maximum Gasteiger partial charge on any atom is 0.573 e. The second-order valence-corrected chi connectivity index (χ2v) is 6.97. The third kappa shape index (κ3) is 4.31. The van der Waals surface area contributed by atoms with Gasteiger partial charge in [-0.1, -0.05) is 12.1 Å². The maximum absolute atomic E-state index is 12.5. The summed E-state index contributed by atoms with van der Waals surface area (Å²) in [4.78, 5) is 33.5. The Morgan fingerprint density at radius 3 is 2.55 bits per heavy atom. The molecule has 154 valence electrons. The number of nitrogens with two attached hydrogens (primary N) is 2. The third-order valence-electron chi connectivity index (χ3n) is 4.00. The molecule has 0 spiro atoms. The highest BCUT2D eigenvalue weighted by atomic mass is 19.4. The molecule has 0 unspecified atom stereocenters. The van der Waals surface area contributed by atoms with Crippen molar-refractivity contribution in [3.63, 3.8) is 0 Å². The number of urea groups is 1. The Morgan fingerprint density at radius 2 is 2.00 bits per heavy atom. The van der Waals surface area contributed by atoms with Crippen molar-refractivity contribution in [3.8, 4) is 17.0 Å². The number of nitrogens with zero attached hydrogens (tertiary/aromatic N) is 3. The Morgan fingerprint density at radius 1 is 1.31 bits per heavy atom. The summed E-state index contributed by atoms with van der Waals surface area (Å²) in [7, 11) is 0. The molecule has 3 amide bonds. The van der Waals surface area contributed by atoms with Crippen molar-refractivity contribution in [2.24, 2.45) is 5.73 Å². The minimum atomic E-state index is -4.90. The van der Waals surface area contributed by atoms with Crippen molar-refractivity contribution in [2.45, 2.75) is 25.7 Å². The molecule has 5 N–H and O–H groups in total. The number of nitrogen functional groups attached to an aromatic ring is 1. The molecule has 0 atom stereocenters. The van der Waals surface area contributed by atoms with Crippen LogP contribution in [0.1, 0.15) is 24.2 Å². The topological polar surface area (TPSA) is 136 Å². The number of nitrogens with one attached hydrogen (secondary N) is 1. The summed E-state index contributed by atoms with van der Waals surface area (Å²) in [6.45, 7) is 3.77. The maximum atomic E-state index is 12.5. The summed E-state index contributed by atoms with van der Waals surface area (Å²) in [5.41, 5.74) is 10.3. The molecule has 29 heavy (non-hydrogen) atoms. The lowest BCUT2D eigenvalue weighted by Gasteiger charge is -2.18. The Hall–Kier alpha value is -3.57. The molecule has 0 aliphatic carbocycles. The van der Waals surface area contributed by atoms with Crippen LogP contribution in [0.15, 0.2) is 24.3 Å². The molecule has 1 saturated heterocycles. The average Bonchev–Trinajstić information content (AvgIpc) is 2.85. The van der Waals surface area contributed by atoms with Gasteiger partial charge in [0.2, 0.25) is 5.95 Å². The minimum absolute atomic E-state index is 0.0785. The van der Waals surface area contributed by atoms with E-state index in [1.807, 2.05) is 0 Å². The van der Waals surface area contributed by atoms with E-state index in [1.165, 1.54) is 17.0 Å². The number of hydrogen-bond donors (Lipinski definition) is 3. The van der Waals surface area contributed by atoms with Crippen molar-refractivity contribution < 1.29 is 27.5 Å². The molecule has 1 aromatic carbocycles. The first-order valence-electron chi connectivity index (χ1n) is 8.29. The summed E-state index contributed by atoms with van der Waals surface area (Å²) in [6.07, 6.45) is -4.90. The lowest BCUT2D eigenvalue weighted by molar-refractivity contribution is -0.274. The van der Waals surface area contributed by atoms with Crippen LogP contribution in [0.3, 0.4) is 0 Å². The highest BCUT2D eigenvalue weighted by molar-refractivity contribution is 6.04. The summed E-state index contributed by atoms with van der Waals surface area (Å²) < 4.78 is 41.5. The van der Waals surface area contributed by atoms with Crippen LogP contribution in [-0.4, -0.2) is 40.4 Å². The van der Waals surface area contributed by atoms with E-state index in [0.717, 1.165) is 12.1 Å². The van der Waals surface area contributed by atoms with E-state index in [2.05, 4.69) is 20.0 Å². The van der Waals surface area contributed by atoms with Gasteiger partial charge in [-0.2, -0.15) is 4.98 Å². The van der Waals surface area contributed by atoms with Crippen LogP contribution in [-0.2, 0) is 0 Å². The van der Waals surface area contributed by atoms with Gasteiger partial charge in [-0.05, 0) is 26.0 Å². The van der Waals surface area contributed by atoms with E-state index < -0.39 is 29.6 Å². The molecule has 9 nitrogen and oxygen atoms in total. The Bertz CT molecular complexity index is 993. The molecule has 0 radical (unpaired) electrons. The van der Waals surface area contributed by atoms with E-state index in [1.54, 1.807) is 13.8 Å². The zero-order valence-corrected chi connectivity index (χ0v) is 15.4. The number of carbonyl (C=O) groups is 2. The number of hydrogen-bond acceptors (Lipinski definition) is 6. The van der Waals surface area contributed by atoms with Crippen LogP contribution in [0, 0.1) is 0 Å². The summed E-state index contributed by atoms with van der Waals surface area (Å²) in [6, 6.07) is 4.31. The molecule has 1 aromatic heterocycles. The zero-order chi connectivity index (χ0) is 21.6. The second-order valence-electron chi connectivity index (χ2n) is 6.97. The van der Waals surface area contributed by atoms with Crippen LogP contribution in [0.4, 0.5) is 29.7 Å². The third-order valence-corrected chi connectivity index (χ3v) is 4.00. The quantitative estimate of drug-likeness (QED) is 0.706. The van der Waals surface area contributed by atoms with E-state index >= 15 is 0 Å². The van der Waals surface area contributed by atoms with E-state index in [9.17, 15) is 22.8 Å². The first kappa shape index (κ1) is 20.2. The molecular weight excluding hydrogens is 393 g/mol. The predicted molar refractivity (Wildman–Crippen MR) is 97.0 cm³/mol. The Labute approximate surface area is 162 Å². The summed E-state index contributed by atoms with van der Waals surface area (Å²) >= 11 is 0. The number of alkyl halides is 3. The van der Waals surface area contributed by atoms with Gasteiger partial charge in [-0.3, -0.25) is 9.69 Å². The number of anilines is 2.